The first kappa shape index (κ1) is 12.2. The molecule has 0 unspecified atom stereocenters. The smallest absolute Gasteiger partial charge is 0.150 e. The Morgan fingerprint density at radius 2 is 1.94 bits per heavy atom. The molecule has 0 aromatic heterocycles. The molecular formula is C11H8BrN3O. The molecule has 0 saturated carbocycles. The molecule has 5 heteroatoms. The van der Waals surface area contributed by atoms with Crippen LogP contribution in [0.15, 0.2) is 22.7 Å². The highest BCUT2D eigenvalue weighted by Crippen LogP contribution is 2.26. The number of carbonyl (C=O) groups excluding carboxylic acids is 1. The zero-order valence-electron chi connectivity index (χ0n) is 8.35. The second-order valence-electron chi connectivity index (χ2n) is 3.00. The Balaban J connectivity index is 3.06. The molecule has 0 fully saturated rings. The number of nitriles is 2. The van der Waals surface area contributed by atoms with E-state index in [9.17, 15) is 4.79 Å². The van der Waals surface area contributed by atoms with Crippen molar-refractivity contribution in [1.29, 1.82) is 10.5 Å². The Hall–Kier alpha value is -1.85. The summed E-state index contributed by atoms with van der Waals surface area (Å²) in [7, 11) is 0. The van der Waals surface area contributed by atoms with Crippen molar-refractivity contribution < 1.29 is 4.79 Å². The molecule has 0 aliphatic carbocycles. The number of hydrogen-bond donors (Lipinski definition) is 0. The van der Waals surface area contributed by atoms with Gasteiger partial charge in [-0.25, -0.2) is 0 Å². The van der Waals surface area contributed by atoms with E-state index >= 15 is 0 Å². The standard InChI is InChI=1S/C11H8BrN3O/c12-10-7-9(8-16)1-2-11(10)15(5-3-13)6-4-14/h1-2,7-8H,5-6H2. The van der Waals surface area contributed by atoms with Gasteiger partial charge in [-0.1, -0.05) is 0 Å². The Morgan fingerprint density at radius 3 is 2.38 bits per heavy atom. The molecule has 80 valence electrons. The first-order valence-corrected chi connectivity index (χ1v) is 5.25. The van der Waals surface area contributed by atoms with Crippen LogP contribution in [0.1, 0.15) is 10.4 Å². The summed E-state index contributed by atoms with van der Waals surface area (Å²) in [5.41, 5.74) is 1.28. The monoisotopic (exact) mass is 277 g/mol. The van der Waals surface area contributed by atoms with Crippen LogP contribution in [0.4, 0.5) is 5.69 Å². The van der Waals surface area contributed by atoms with Crippen molar-refractivity contribution >= 4 is 27.9 Å². The lowest BCUT2D eigenvalue weighted by atomic mass is 10.2. The van der Waals surface area contributed by atoms with Crippen molar-refractivity contribution in [2.45, 2.75) is 0 Å². The van der Waals surface area contributed by atoms with Gasteiger partial charge >= 0.3 is 0 Å². The fourth-order valence-corrected chi connectivity index (χ4v) is 1.90. The lowest BCUT2D eigenvalue weighted by Crippen LogP contribution is -2.24. The highest BCUT2D eigenvalue weighted by molar-refractivity contribution is 9.10. The van der Waals surface area contributed by atoms with Crippen LogP contribution in [-0.2, 0) is 0 Å². The van der Waals surface area contributed by atoms with Gasteiger partial charge in [-0.15, -0.1) is 0 Å². The lowest BCUT2D eigenvalue weighted by Gasteiger charge is -2.19. The summed E-state index contributed by atoms with van der Waals surface area (Å²) in [6.45, 7) is 0.263. The normalized spacial score (nSPS) is 8.94. The number of anilines is 1. The molecule has 0 bridgehead atoms. The van der Waals surface area contributed by atoms with Crippen LogP contribution < -0.4 is 4.90 Å². The van der Waals surface area contributed by atoms with Gasteiger partial charge in [0.2, 0.25) is 0 Å². The van der Waals surface area contributed by atoms with E-state index < -0.39 is 0 Å². The van der Waals surface area contributed by atoms with Crippen LogP contribution in [0.2, 0.25) is 0 Å². The molecule has 1 aromatic rings. The third-order valence-electron chi connectivity index (χ3n) is 1.97. The number of carbonyl (C=O) groups is 1. The molecule has 0 aliphatic heterocycles. The maximum Gasteiger partial charge on any atom is 0.150 e. The van der Waals surface area contributed by atoms with E-state index in [2.05, 4.69) is 15.9 Å². The molecule has 4 nitrogen and oxygen atoms in total. The van der Waals surface area contributed by atoms with E-state index in [4.69, 9.17) is 10.5 Å². The van der Waals surface area contributed by atoms with E-state index in [1.165, 1.54) is 0 Å². The summed E-state index contributed by atoms with van der Waals surface area (Å²) >= 11 is 3.31. The molecule has 1 rings (SSSR count). The molecule has 0 heterocycles. The fraction of sp³-hybridized carbons (Fsp3) is 0.182. The molecule has 0 amide bonds. The number of aldehydes is 1. The van der Waals surface area contributed by atoms with Crippen LogP contribution >= 0.6 is 15.9 Å². The molecule has 0 N–H and O–H groups in total. The second kappa shape index (κ2) is 5.89. The topological polar surface area (TPSA) is 67.9 Å². The quantitative estimate of drug-likeness (QED) is 0.625. The van der Waals surface area contributed by atoms with Gasteiger partial charge in [-0.05, 0) is 34.1 Å². The van der Waals surface area contributed by atoms with E-state index in [0.29, 0.717) is 10.0 Å². The zero-order chi connectivity index (χ0) is 12.0. The van der Waals surface area contributed by atoms with E-state index in [-0.39, 0.29) is 13.1 Å². The van der Waals surface area contributed by atoms with Gasteiger partial charge in [0.25, 0.3) is 0 Å². The fourth-order valence-electron chi connectivity index (χ4n) is 1.25. The largest absolute Gasteiger partial charge is 0.344 e. The Morgan fingerprint density at radius 1 is 1.31 bits per heavy atom. The number of nitrogens with zero attached hydrogens (tertiary/aromatic N) is 3. The average Bonchev–Trinajstić information content (AvgIpc) is 2.29. The Kier molecular flexibility index (Phi) is 4.50. The average molecular weight is 278 g/mol. The van der Waals surface area contributed by atoms with Crippen molar-refractivity contribution in [2.24, 2.45) is 0 Å². The number of halogens is 1. The van der Waals surface area contributed by atoms with Crippen LogP contribution in [-0.4, -0.2) is 19.4 Å². The number of rotatable bonds is 4. The highest BCUT2D eigenvalue weighted by Gasteiger charge is 2.09. The minimum atomic E-state index is 0.132. The number of benzene rings is 1. The van der Waals surface area contributed by atoms with E-state index in [1.54, 1.807) is 23.1 Å². The third-order valence-corrected chi connectivity index (χ3v) is 2.61. The molecular weight excluding hydrogens is 270 g/mol. The number of hydrogen-bond acceptors (Lipinski definition) is 4. The summed E-state index contributed by atoms with van der Waals surface area (Å²) in [4.78, 5) is 12.2. The molecule has 0 atom stereocenters. The zero-order valence-corrected chi connectivity index (χ0v) is 9.94. The molecule has 0 aliphatic rings. The highest BCUT2D eigenvalue weighted by atomic mass is 79.9. The third kappa shape index (κ3) is 2.82. The van der Waals surface area contributed by atoms with Gasteiger partial charge in [-0.3, -0.25) is 4.79 Å². The van der Waals surface area contributed by atoms with Crippen molar-refractivity contribution in [3.05, 3.63) is 28.2 Å². The summed E-state index contributed by atoms with van der Waals surface area (Å²) in [5, 5.41) is 17.3. The molecule has 16 heavy (non-hydrogen) atoms. The lowest BCUT2D eigenvalue weighted by molar-refractivity contribution is 0.112. The summed E-state index contributed by atoms with van der Waals surface area (Å²) in [6.07, 6.45) is 0.744. The minimum Gasteiger partial charge on any atom is -0.344 e. The summed E-state index contributed by atoms with van der Waals surface area (Å²) < 4.78 is 0.697. The van der Waals surface area contributed by atoms with Crippen LogP contribution in [0.25, 0.3) is 0 Å². The second-order valence-corrected chi connectivity index (χ2v) is 3.86. The van der Waals surface area contributed by atoms with Crippen molar-refractivity contribution in [3.63, 3.8) is 0 Å². The molecule has 0 saturated heterocycles. The van der Waals surface area contributed by atoms with E-state index in [0.717, 1.165) is 12.0 Å². The van der Waals surface area contributed by atoms with Gasteiger partial charge in [0, 0.05) is 10.0 Å². The van der Waals surface area contributed by atoms with Crippen molar-refractivity contribution in [3.8, 4) is 12.1 Å². The Bertz CT molecular complexity index is 457. The first-order chi connectivity index (χ1) is 7.72. The van der Waals surface area contributed by atoms with Gasteiger partial charge in [-0.2, -0.15) is 10.5 Å². The molecule has 0 radical (unpaired) electrons. The van der Waals surface area contributed by atoms with Crippen LogP contribution in [0.3, 0.4) is 0 Å². The van der Waals surface area contributed by atoms with Gasteiger partial charge < -0.3 is 4.90 Å². The van der Waals surface area contributed by atoms with Crippen LogP contribution in [0, 0.1) is 22.7 Å². The minimum absolute atomic E-state index is 0.132. The molecule has 1 aromatic carbocycles. The predicted octanol–water partition coefficient (Wildman–Crippen LogP) is 2.12. The SMILES string of the molecule is N#CCN(CC#N)c1ccc(C=O)cc1Br. The van der Waals surface area contributed by atoms with Gasteiger partial charge in [0.05, 0.1) is 17.8 Å². The first-order valence-electron chi connectivity index (χ1n) is 4.46. The molecule has 0 spiro atoms. The van der Waals surface area contributed by atoms with Crippen LogP contribution in [0.5, 0.6) is 0 Å². The maximum absolute atomic E-state index is 10.6. The summed E-state index contributed by atoms with van der Waals surface area (Å²) in [5.74, 6) is 0. The van der Waals surface area contributed by atoms with E-state index in [1.807, 2.05) is 12.1 Å². The summed E-state index contributed by atoms with van der Waals surface area (Å²) in [6, 6.07) is 9.00. The maximum atomic E-state index is 10.6. The van der Waals surface area contributed by atoms with Gasteiger partial charge in [0.15, 0.2) is 0 Å². The van der Waals surface area contributed by atoms with Crippen molar-refractivity contribution in [2.75, 3.05) is 18.0 Å². The predicted molar refractivity (Wildman–Crippen MR) is 63.0 cm³/mol. The van der Waals surface area contributed by atoms with Crippen molar-refractivity contribution in [1.82, 2.24) is 0 Å². The Labute approximate surface area is 102 Å². The van der Waals surface area contributed by atoms with Gasteiger partial charge in [0.1, 0.15) is 19.4 Å².